The van der Waals surface area contributed by atoms with Gasteiger partial charge in [-0.2, -0.15) is 5.26 Å². The van der Waals surface area contributed by atoms with E-state index in [0.29, 0.717) is 33.5 Å². The standard InChI is InChI=1S/C45H55N12O8PSSi/c1-27-28(2)43(56-25-51-34-37(47-23-49-39(34)56)53-41(59)29-15-10-8-11-16-29)64-32(27)22-62-66(67,61-20-14-19-46)55-33-31(21-58)63-44(36(33)65-68(6,7)45(3,4)5)57-26-52-35-38(48-24-50-40(35)57)54-42(60)30-17-12-9-13-18-30/h8-13,15-18,23-28,31-33,36,43-44,58H,14,20-22H2,1-7H3,(H,55,67)(H,47,49,53,59)(H,48,50,54,60)/t27-,28+,31+,32+,33+,36+,43+,44+,66?/m0/s1. The molecule has 20 nitrogen and oxygen atoms in total. The summed E-state index contributed by atoms with van der Waals surface area (Å²) < 4.78 is 37.0. The Morgan fingerprint density at radius 2 is 1.34 bits per heavy atom. The van der Waals surface area contributed by atoms with Gasteiger partial charge >= 0.3 is 0 Å². The minimum absolute atomic E-state index is 0.00788. The average Bonchev–Trinajstić information content (AvgIpc) is 4.10. The molecular weight excluding hydrogens is 928 g/mol. The van der Waals surface area contributed by atoms with Crippen molar-refractivity contribution in [3.8, 4) is 6.07 Å². The third-order valence-electron chi connectivity index (χ3n) is 12.9. The van der Waals surface area contributed by atoms with E-state index >= 15 is 0 Å². The Bertz CT molecular complexity index is 2840. The number of aliphatic hydroxyl groups excluding tert-OH is 1. The fraction of sp³-hybridized carbons (Fsp3) is 0.444. The van der Waals surface area contributed by atoms with E-state index in [1.807, 2.05) is 16.7 Å². The fourth-order valence-corrected chi connectivity index (χ4v) is 11.6. The number of hydrogen-bond donors (Lipinski definition) is 4. The lowest BCUT2D eigenvalue weighted by atomic mass is 9.93. The van der Waals surface area contributed by atoms with Crippen molar-refractivity contribution in [1.29, 1.82) is 5.26 Å². The number of ether oxygens (including phenoxy) is 2. The molecule has 2 fully saturated rings. The van der Waals surface area contributed by atoms with Crippen LogP contribution in [0.2, 0.25) is 18.1 Å². The van der Waals surface area contributed by atoms with Gasteiger partial charge in [-0.25, -0.2) is 35.0 Å². The van der Waals surface area contributed by atoms with Crippen LogP contribution in [0.4, 0.5) is 11.6 Å². The third-order valence-corrected chi connectivity index (χ3v) is 20.0. The number of anilines is 2. The zero-order valence-electron chi connectivity index (χ0n) is 38.7. The summed E-state index contributed by atoms with van der Waals surface area (Å²) in [5.41, 5.74) is 2.48. The first kappa shape index (κ1) is 49.0. The predicted molar refractivity (Wildman–Crippen MR) is 258 cm³/mol. The summed E-state index contributed by atoms with van der Waals surface area (Å²) in [6, 6.07) is 18.9. The second kappa shape index (κ2) is 20.3. The molecule has 0 radical (unpaired) electrons. The van der Waals surface area contributed by atoms with Gasteiger partial charge in [-0.05, 0) is 60.1 Å². The van der Waals surface area contributed by atoms with Crippen molar-refractivity contribution in [1.82, 2.24) is 44.1 Å². The molecule has 6 aromatic rings. The number of imidazole rings is 2. The van der Waals surface area contributed by atoms with Gasteiger partial charge in [-0.15, -0.1) is 0 Å². The quantitative estimate of drug-likeness (QED) is 0.0419. The van der Waals surface area contributed by atoms with Crippen LogP contribution in [-0.4, -0.2) is 108 Å². The Morgan fingerprint density at radius 3 is 1.85 bits per heavy atom. The van der Waals surface area contributed by atoms with E-state index < -0.39 is 58.4 Å². The Hall–Kier alpha value is -5.44. The molecule has 68 heavy (non-hydrogen) atoms. The highest BCUT2D eigenvalue weighted by Gasteiger charge is 2.53. The molecule has 9 atom stereocenters. The lowest BCUT2D eigenvalue weighted by Gasteiger charge is -2.41. The van der Waals surface area contributed by atoms with Crippen LogP contribution in [0.5, 0.6) is 0 Å². The van der Waals surface area contributed by atoms with Gasteiger partial charge in [0.2, 0.25) is 0 Å². The lowest BCUT2D eigenvalue weighted by molar-refractivity contribution is -0.0464. The van der Waals surface area contributed by atoms with Crippen molar-refractivity contribution >= 4 is 72.5 Å². The largest absolute Gasteiger partial charge is 0.408 e. The highest BCUT2D eigenvalue weighted by atomic mass is 32.5. The number of nitriles is 1. The van der Waals surface area contributed by atoms with Crippen LogP contribution in [0, 0.1) is 23.2 Å². The summed E-state index contributed by atoms with van der Waals surface area (Å²) in [7, 11) is -2.62. The van der Waals surface area contributed by atoms with Gasteiger partial charge in [0, 0.05) is 17.0 Å². The summed E-state index contributed by atoms with van der Waals surface area (Å²) in [5.74, 6) is -0.339. The van der Waals surface area contributed by atoms with Crippen molar-refractivity contribution in [2.24, 2.45) is 11.8 Å². The SMILES string of the molecule is C[C@@H]1[C@H](C)[C@@H](COP(=S)(N[C@H]2[C@@H](O[Si](C)(C)C(C)(C)C)[C@H](n3cnc4c(NC(=O)c5ccccc5)ncnc43)O[C@@H]2CO)OCCC#N)O[C@H]1n1cnc2c(NC(=O)c3ccccc3)ncnc21. The van der Waals surface area contributed by atoms with Gasteiger partial charge in [-0.3, -0.25) is 18.7 Å². The van der Waals surface area contributed by atoms with Gasteiger partial charge in [0.25, 0.3) is 18.5 Å². The molecule has 8 rings (SSSR count). The van der Waals surface area contributed by atoms with Gasteiger partial charge in [0.15, 0.2) is 48.5 Å². The number of fused-ring (bicyclic) bond motifs is 2. The molecule has 1 unspecified atom stereocenters. The van der Waals surface area contributed by atoms with E-state index in [0.717, 1.165) is 0 Å². The third kappa shape index (κ3) is 10.1. The molecule has 0 spiro atoms. The van der Waals surface area contributed by atoms with Crippen LogP contribution in [0.25, 0.3) is 22.3 Å². The van der Waals surface area contributed by atoms with Gasteiger partial charge in [0.1, 0.15) is 31.1 Å². The van der Waals surface area contributed by atoms with E-state index in [1.54, 1.807) is 65.8 Å². The van der Waals surface area contributed by atoms with Gasteiger partial charge in [0.05, 0.1) is 57.1 Å². The molecule has 2 aromatic carbocycles. The lowest BCUT2D eigenvalue weighted by Crippen LogP contribution is -2.52. The molecule has 6 heterocycles. The Kier molecular flexibility index (Phi) is 14.6. The number of aromatic nitrogens is 8. The number of nitrogens with zero attached hydrogens (tertiary/aromatic N) is 9. The normalized spacial score (nSPS) is 23.9. The van der Waals surface area contributed by atoms with Crippen molar-refractivity contribution in [3.05, 3.63) is 97.1 Å². The highest BCUT2D eigenvalue weighted by molar-refractivity contribution is 8.09. The van der Waals surface area contributed by atoms with E-state index in [-0.39, 0.29) is 60.0 Å². The van der Waals surface area contributed by atoms with Crippen molar-refractivity contribution < 1.29 is 37.6 Å². The molecule has 2 aliphatic heterocycles. The topological polar surface area (TPSA) is 248 Å². The van der Waals surface area contributed by atoms with Crippen LogP contribution in [0.3, 0.4) is 0 Å². The fourth-order valence-electron chi connectivity index (χ4n) is 7.93. The average molecular weight is 983 g/mol. The molecule has 0 aliphatic carbocycles. The van der Waals surface area contributed by atoms with E-state index in [2.05, 4.69) is 99.4 Å². The van der Waals surface area contributed by atoms with Crippen LogP contribution >= 0.6 is 6.64 Å². The number of hydrogen-bond acceptors (Lipinski definition) is 16. The monoisotopic (exact) mass is 982 g/mol. The van der Waals surface area contributed by atoms with Crippen molar-refractivity contribution in [2.45, 2.75) is 96.0 Å². The number of rotatable bonds is 17. The first-order valence-corrected chi connectivity index (χ1v) is 27.8. The molecule has 2 amide bonds. The summed E-state index contributed by atoms with van der Waals surface area (Å²) in [6.45, 7) is 10.7. The zero-order chi connectivity index (χ0) is 48.4. The highest BCUT2D eigenvalue weighted by Crippen LogP contribution is 2.51. The number of amides is 2. The molecule has 23 heteroatoms. The molecule has 2 saturated heterocycles. The number of carbonyl (C=O) groups is 2. The number of nitrogens with one attached hydrogen (secondary N) is 3. The van der Waals surface area contributed by atoms with Crippen molar-refractivity contribution in [2.75, 3.05) is 30.5 Å². The Balaban J connectivity index is 1.05. The minimum atomic E-state index is -3.54. The number of aliphatic hydroxyl groups is 1. The maximum absolute atomic E-state index is 13.2. The Labute approximate surface area is 399 Å². The van der Waals surface area contributed by atoms with E-state index in [1.165, 1.54) is 12.7 Å². The van der Waals surface area contributed by atoms with Crippen LogP contribution in [0.1, 0.15) is 74.2 Å². The number of carbonyl (C=O) groups excluding carboxylic acids is 2. The molecule has 358 valence electrons. The summed E-state index contributed by atoms with van der Waals surface area (Å²) in [6.07, 6.45) is 2.32. The van der Waals surface area contributed by atoms with Crippen LogP contribution in [-0.2, 0) is 34.8 Å². The zero-order valence-corrected chi connectivity index (χ0v) is 41.4. The van der Waals surface area contributed by atoms with Gasteiger partial charge < -0.3 is 38.7 Å². The predicted octanol–water partition coefficient (Wildman–Crippen LogP) is 6.75. The second-order valence-electron chi connectivity index (χ2n) is 18.3. The molecule has 2 aliphatic rings. The summed E-state index contributed by atoms with van der Waals surface area (Å²) in [5, 5.41) is 29.4. The molecular formula is C45H55N12O8PSSi. The molecule has 4 N–H and O–H groups in total. The second-order valence-corrected chi connectivity index (χ2v) is 26.3. The summed E-state index contributed by atoms with van der Waals surface area (Å²) >= 11 is 6.26. The van der Waals surface area contributed by atoms with Gasteiger partial charge in [-0.1, -0.05) is 71.0 Å². The van der Waals surface area contributed by atoms with E-state index in [4.69, 9.17) is 34.8 Å². The molecule has 4 aromatic heterocycles. The maximum atomic E-state index is 13.2. The first-order valence-electron chi connectivity index (χ1n) is 22.2. The summed E-state index contributed by atoms with van der Waals surface area (Å²) in [4.78, 5) is 53.1. The van der Waals surface area contributed by atoms with E-state index in [9.17, 15) is 20.0 Å². The maximum Gasteiger partial charge on any atom is 0.261 e. The Morgan fingerprint density at radius 1 is 0.809 bits per heavy atom. The number of benzene rings is 2. The van der Waals surface area contributed by atoms with Crippen LogP contribution < -0.4 is 15.7 Å². The minimum Gasteiger partial charge on any atom is -0.408 e. The smallest absolute Gasteiger partial charge is 0.261 e. The molecule has 0 saturated carbocycles. The molecule has 0 bridgehead atoms. The van der Waals surface area contributed by atoms with Crippen LogP contribution in [0.15, 0.2) is 86.0 Å². The first-order chi connectivity index (χ1) is 32.5. The van der Waals surface area contributed by atoms with Crippen molar-refractivity contribution in [3.63, 3.8) is 0 Å².